The number of methoxy groups -OCH3 is 2. The highest BCUT2D eigenvalue weighted by molar-refractivity contribution is 6.09. The lowest BCUT2D eigenvalue weighted by Gasteiger charge is -2.07. The summed E-state index contributed by atoms with van der Waals surface area (Å²) in [5, 5.41) is 0. The molecule has 0 bridgehead atoms. The molecule has 0 aromatic heterocycles. The summed E-state index contributed by atoms with van der Waals surface area (Å²) < 4.78 is 10.3. The van der Waals surface area contributed by atoms with Crippen LogP contribution in [-0.2, 0) is 11.3 Å². The van der Waals surface area contributed by atoms with Gasteiger partial charge in [-0.1, -0.05) is 43.0 Å². The minimum Gasteiger partial charge on any atom is -0.497 e. The molecule has 0 unspecified atom stereocenters. The van der Waals surface area contributed by atoms with Crippen molar-refractivity contribution < 1.29 is 9.47 Å². The summed E-state index contributed by atoms with van der Waals surface area (Å²) in [5.74, 6) is 0.838. The summed E-state index contributed by atoms with van der Waals surface area (Å²) in [6.45, 7) is 5.11. The molecule has 0 atom stereocenters. The molecule has 130 valence electrons. The van der Waals surface area contributed by atoms with Gasteiger partial charge >= 0.3 is 0 Å². The van der Waals surface area contributed by atoms with E-state index >= 15 is 0 Å². The Morgan fingerprint density at radius 1 is 1.04 bits per heavy atom. The second-order valence-electron chi connectivity index (χ2n) is 5.55. The summed E-state index contributed by atoms with van der Waals surface area (Å²) >= 11 is 0. The van der Waals surface area contributed by atoms with Crippen LogP contribution in [0.25, 0.3) is 11.1 Å². The van der Waals surface area contributed by atoms with E-state index in [1.54, 1.807) is 26.6 Å². The van der Waals surface area contributed by atoms with Crippen molar-refractivity contribution in [2.45, 2.75) is 6.54 Å². The number of ether oxygens (including phenoxy) is 2. The van der Waals surface area contributed by atoms with Crippen molar-refractivity contribution in [2.75, 3.05) is 20.8 Å². The quantitative estimate of drug-likeness (QED) is 0.743. The zero-order valence-corrected chi connectivity index (χ0v) is 14.7. The van der Waals surface area contributed by atoms with Gasteiger partial charge in [-0.3, -0.25) is 4.99 Å². The molecular weight excluding hydrogens is 312 g/mol. The van der Waals surface area contributed by atoms with Crippen molar-refractivity contribution in [3.63, 3.8) is 0 Å². The van der Waals surface area contributed by atoms with Gasteiger partial charge in [-0.2, -0.15) is 0 Å². The van der Waals surface area contributed by atoms with Crippen LogP contribution in [-0.4, -0.2) is 27.0 Å². The van der Waals surface area contributed by atoms with Crippen LogP contribution in [0.15, 0.2) is 66.3 Å². The van der Waals surface area contributed by atoms with Gasteiger partial charge < -0.3 is 15.2 Å². The lowest BCUT2D eigenvalue weighted by atomic mass is 10.0. The standard InChI is InChI=1S/C21H24N2O2/c1-16(15-24-2)18-6-8-19(9-7-18)20(12-22)14-23-13-17-4-10-21(25-3)11-5-17/h4-12,14H,1,13,15,22H2,2-3H3. The number of nitrogens with zero attached hydrogens (tertiary/aromatic N) is 1. The summed E-state index contributed by atoms with van der Waals surface area (Å²) in [7, 11) is 3.31. The van der Waals surface area contributed by atoms with Crippen molar-refractivity contribution in [1.29, 1.82) is 0 Å². The van der Waals surface area contributed by atoms with Crippen LogP contribution < -0.4 is 10.5 Å². The number of hydrogen-bond donors (Lipinski definition) is 1. The van der Waals surface area contributed by atoms with E-state index in [4.69, 9.17) is 15.2 Å². The first-order valence-corrected chi connectivity index (χ1v) is 8.00. The molecule has 0 heterocycles. The average molecular weight is 336 g/mol. The highest BCUT2D eigenvalue weighted by atomic mass is 16.5. The van der Waals surface area contributed by atoms with Crippen LogP contribution in [0.5, 0.6) is 5.75 Å². The largest absolute Gasteiger partial charge is 0.497 e. The molecule has 2 aromatic rings. The van der Waals surface area contributed by atoms with Gasteiger partial charge in [0.25, 0.3) is 0 Å². The van der Waals surface area contributed by atoms with Gasteiger partial charge in [0.2, 0.25) is 0 Å². The molecular formula is C21H24N2O2. The number of rotatable bonds is 8. The Labute approximate surface area is 149 Å². The first-order valence-electron chi connectivity index (χ1n) is 8.00. The fourth-order valence-corrected chi connectivity index (χ4v) is 2.35. The zero-order valence-electron chi connectivity index (χ0n) is 14.7. The molecule has 2 aromatic carbocycles. The predicted molar refractivity (Wildman–Crippen MR) is 105 cm³/mol. The highest BCUT2D eigenvalue weighted by Crippen LogP contribution is 2.18. The number of benzene rings is 2. The molecule has 4 nitrogen and oxygen atoms in total. The molecule has 0 aliphatic carbocycles. The third-order valence-electron chi connectivity index (χ3n) is 3.79. The Bertz CT molecular complexity index is 744. The van der Waals surface area contributed by atoms with Crippen molar-refractivity contribution in [3.8, 4) is 5.75 Å². The molecule has 0 aliphatic heterocycles. The molecule has 4 heteroatoms. The molecule has 2 N–H and O–H groups in total. The highest BCUT2D eigenvalue weighted by Gasteiger charge is 2.02. The van der Waals surface area contributed by atoms with Crippen molar-refractivity contribution >= 4 is 17.4 Å². The van der Waals surface area contributed by atoms with Crippen molar-refractivity contribution in [1.82, 2.24) is 0 Å². The molecule has 0 fully saturated rings. The van der Waals surface area contributed by atoms with E-state index < -0.39 is 0 Å². The Balaban J connectivity index is 2.02. The van der Waals surface area contributed by atoms with Crippen molar-refractivity contribution in [3.05, 3.63) is 78.0 Å². The number of hydrogen-bond acceptors (Lipinski definition) is 4. The van der Waals surface area contributed by atoms with E-state index in [1.165, 1.54) is 0 Å². The van der Waals surface area contributed by atoms with E-state index in [-0.39, 0.29) is 0 Å². The Kier molecular flexibility index (Phi) is 6.99. The molecule has 0 saturated heterocycles. The zero-order chi connectivity index (χ0) is 18.1. The van der Waals surface area contributed by atoms with Gasteiger partial charge in [-0.25, -0.2) is 0 Å². The maximum absolute atomic E-state index is 5.76. The van der Waals surface area contributed by atoms with E-state index in [9.17, 15) is 0 Å². The van der Waals surface area contributed by atoms with Gasteiger partial charge in [-0.05, 0) is 34.4 Å². The number of aliphatic imine (C=N–C) groups is 1. The summed E-state index contributed by atoms with van der Waals surface area (Å²) in [5.41, 5.74) is 10.8. The smallest absolute Gasteiger partial charge is 0.118 e. The lowest BCUT2D eigenvalue weighted by Crippen LogP contribution is -1.95. The fraction of sp³-hybridized carbons (Fsp3) is 0.190. The van der Waals surface area contributed by atoms with Gasteiger partial charge in [0.1, 0.15) is 5.75 Å². The van der Waals surface area contributed by atoms with Gasteiger partial charge in [0.05, 0.1) is 20.3 Å². The molecule has 0 aliphatic rings. The summed E-state index contributed by atoms with van der Waals surface area (Å²) in [4.78, 5) is 4.48. The second-order valence-corrected chi connectivity index (χ2v) is 5.55. The second kappa shape index (κ2) is 9.45. The predicted octanol–water partition coefficient (Wildman–Crippen LogP) is 3.93. The third-order valence-corrected chi connectivity index (χ3v) is 3.79. The SMILES string of the molecule is C=C(COC)c1ccc(C(C=NCc2ccc(OC)cc2)=CN)cc1. The van der Waals surface area contributed by atoms with Crippen LogP contribution in [0.1, 0.15) is 16.7 Å². The Morgan fingerprint density at radius 3 is 2.24 bits per heavy atom. The molecule has 0 saturated carbocycles. The molecule has 2 rings (SSSR count). The molecule has 0 spiro atoms. The Morgan fingerprint density at radius 2 is 1.68 bits per heavy atom. The van der Waals surface area contributed by atoms with Gasteiger partial charge in [0, 0.05) is 25.1 Å². The minimum absolute atomic E-state index is 0.516. The van der Waals surface area contributed by atoms with E-state index in [0.717, 1.165) is 33.6 Å². The van der Waals surface area contributed by atoms with E-state index in [2.05, 4.69) is 11.6 Å². The monoisotopic (exact) mass is 336 g/mol. The molecule has 0 radical (unpaired) electrons. The topological polar surface area (TPSA) is 56.8 Å². The molecule has 25 heavy (non-hydrogen) atoms. The maximum atomic E-state index is 5.76. The van der Waals surface area contributed by atoms with Crippen LogP contribution >= 0.6 is 0 Å². The number of nitrogens with two attached hydrogens (primary N) is 1. The van der Waals surface area contributed by atoms with Crippen LogP contribution in [0, 0.1) is 0 Å². The van der Waals surface area contributed by atoms with E-state index in [1.807, 2.05) is 48.5 Å². The number of allylic oxidation sites excluding steroid dienone is 1. The normalized spacial score (nSPS) is 11.7. The maximum Gasteiger partial charge on any atom is 0.118 e. The van der Waals surface area contributed by atoms with Crippen LogP contribution in [0.3, 0.4) is 0 Å². The summed E-state index contributed by atoms with van der Waals surface area (Å²) in [6, 6.07) is 15.9. The minimum atomic E-state index is 0.516. The first kappa shape index (κ1) is 18.5. The first-order chi connectivity index (χ1) is 12.2. The van der Waals surface area contributed by atoms with E-state index in [0.29, 0.717) is 13.2 Å². The van der Waals surface area contributed by atoms with Gasteiger partial charge in [-0.15, -0.1) is 0 Å². The van der Waals surface area contributed by atoms with Crippen LogP contribution in [0.2, 0.25) is 0 Å². The summed E-state index contributed by atoms with van der Waals surface area (Å²) in [6.07, 6.45) is 3.36. The lowest BCUT2D eigenvalue weighted by molar-refractivity contribution is 0.240. The van der Waals surface area contributed by atoms with Crippen molar-refractivity contribution in [2.24, 2.45) is 10.7 Å². The van der Waals surface area contributed by atoms with Crippen LogP contribution in [0.4, 0.5) is 0 Å². The molecule has 0 amide bonds. The third kappa shape index (κ3) is 5.33. The fourth-order valence-electron chi connectivity index (χ4n) is 2.35. The Hall–Kier alpha value is -2.85. The average Bonchev–Trinajstić information content (AvgIpc) is 2.66. The van der Waals surface area contributed by atoms with Gasteiger partial charge in [0.15, 0.2) is 0 Å².